The fourth-order valence-corrected chi connectivity index (χ4v) is 7.35. The van der Waals surface area contributed by atoms with E-state index in [1.165, 1.54) is 0 Å². The van der Waals surface area contributed by atoms with E-state index in [0.717, 1.165) is 49.2 Å². The van der Waals surface area contributed by atoms with Crippen molar-refractivity contribution < 1.29 is 19.4 Å². The van der Waals surface area contributed by atoms with Gasteiger partial charge in [0, 0.05) is 73.4 Å². The lowest BCUT2D eigenvalue weighted by Gasteiger charge is -2.28. The minimum absolute atomic E-state index is 0.0842. The Morgan fingerprint density at radius 2 is 1.56 bits per heavy atom. The molecule has 4 aromatic rings. The van der Waals surface area contributed by atoms with Crippen molar-refractivity contribution in [1.82, 2.24) is 35.5 Å². The molecule has 11 nitrogen and oxygen atoms in total. The van der Waals surface area contributed by atoms with Crippen molar-refractivity contribution in [1.29, 1.82) is 0 Å². The monoisotopic (exact) mass is 689 g/mol. The van der Waals surface area contributed by atoms with E-state index in [1.54, 1.807) is 26.6 Å². The number of halogens is 2. The number of nitrogens with zero attached hydrogens (tertiary/aromatic N) is 5. The molecule has 2 aromatic heterocycles. The van der Waals surface area contributed by atoms with Crippen LogP contribution in [-0.4, -0.2) is 81.3 Å². The van der Waals surface area contributed by atoms with Gasteiger partial charge in [0.1, 0.15) is 11.4 Å². The largest absolute Gasteiger partial charge is 0.480 e. The summed E-state index contributed by atoms with van der Waals surface area (Å²) in [6, 6.07) is 11.5. The van der Waals surface area contributed by atoms with Crippen LogP contribution in [0.4, 0.5) is 0 Å². The number of likely N-dealkylation sites (tertiary alicyclic amines) is 1. The Labute approximate surface area is 289 Å². The molecule has 1 aliphatic carbocycles. The molecule has 0 bridgehead atoms. The zero-order chi connectivity index (χ0) is 33.4. The molecule has 0 radical (unpaired) electrons. The van der Waals surface area contributed by atoms with Gasteiger partial charge < -0.3 is 25.2 Å². The molecule has 0 unspecified atom stereocenters. The number of carbonyl (C=O) groups is 1. The van der Waals surface area contributed by atoms with Gasteiger partial charge >= 0.3 is 0 Å². The van der Waals surface area contributed by atoms with Crippen molar-refractivity contribution in [2.75, 3.05) is 33.9 Å². The number of carbonyl (C=O) groups excluding carboxylic acids is 1. The molecule has 7 rings (SSSR count). The van der Waals surface area contributed by atoms with E-state index in [4.69, 9.17) is 47.6 Å². The van der Waals surface area contributed by atoms with Gasteiger partial charge in [0.2, 0.25) is 17.7 Å². The van der Waals surface area contributed by atoms with E-state index < -0.39 is 5.60 Å². The van der Waals surface area contributed by atoms with Crippen molar-refractivity contribution in [2.24, 2.45) is 5.92 Å². The Balaban J connectivity index is 1.11. The average Bonchev–Trinajstić information content (AvgIpc) is 3.60. The molecule has 250 valence electrons. The molecule has 3 N–H and O–H groups in total. The molecule has 3 aliphatic rings. The summed E-state index contributed by atoms with van der Waals surface area (Å²) in [6.07, 6.45) is 6.43. The Morgan fingerprint density at radius 3 is 2.15 bits per heavy atom. The number of piperidine rings is 1. The van der Waals surface area contributed by atoms with Crippen molar-refractivity contribution in [3.05, 3.63) is 70.2 Å². The lowest BCUT2D eigenvalue weighted by Crippen LogP contribution is -2.37. The fourth-order valence-electron chi connectivity index (χ4n) is 6.70. The zero-order valence-corrected chi connectivity index (χ0v) is 28.3. The molecule has 13 heteroatoms. The highest BCUT2D eigenvalue weighted by molar-refractivity contribution is 6.39. The predicted octanol–water partition coefficient (Wildman–Crippen LogP) is 4.92. The van der Waals surface area contributed by atoms with Crippen molar-refractivity contribution in [3.63, 3.8) is 0 Å². The number of benzene rings is 2. The van der Waals surface area contributed by atoms with Crippen molar-refractivity contribution >= 4 is 29.1 Å². The molecule has 2 aromatic carbocycles. The third-order valence-electron chi connectivity index (χ3n) is 9.53. The van der Waals surface area contributed by atoms with Crippen LogP contribution < -0.4 is 20.1 Å². The van der Waals surface area contributed by atoms with Gasteiger partial charge in [0.15, 0.2) is 0 Å². The zero-order valence-electron chi connectivity index (χ0n) is 26.8. The maximum atomic E-state index is 11.5. The van der Waals surface area contributed by atoms with E-state index in [-0.39, 0.29) is 11.9 Å². The number of hydrogen-bond donors (Lipinski definition) is 3. The number of aliphatic hydroxyl groups is 1. The number of methoxy groups -OCH3 is 2. The topological polar surface area (TPSA) is 135 Å². The Kier molecular flexibility index (Phi) is 9.23. The summed E-state index contributed by atoms with van der Waals surface area (Å²) < 4.78 is 11.2. The number of rotatable bonds is 11. The molecule has 2 aliphatic heterocycles. The van der Waals surface area contributed by atoms with E-state index in [0.29, 0.717) is 82.0 Å². The van der Waals surface area contributed by atoms with Crippen molar-refractivity contribution in [3.8, 4) is 45.4 Å². The Morgan fingerprint density at radius 1 is 0.958 bits per heavy atom. The number of amides is 1. The summed E-state index contributed by atoms with van der Waals surface area (Å²) in [6.45, 7) is 3.34. The highest BCUT2D eigenvalue weighted by Gasteiger charge is 2.55. The third kappa shape index (κ3) is 6.57. The third-order valence-corrected chi connectivity index (χ3v) is 10.3. The van der Waals surface area contributed by atoms with Crippen LogP contribution >= 0.6 is 23.2 Å². The molecule has 4 heterocycles. The normalized spacial score (nSPS) is 21.9. The maximum absolute atomic E-state index is 11.5. The summed E-state index contributed by atoms with van der Waals surface area (Å²) in [5, 5.41) is 17.6. The van der Waals surface area contributed by atoms with Gasteiger partial charge in [-0.2, -0.15) is 0 Å². The lowest BCUT2D eigenvalue weighted by atomic mass is 9.98. The molecule has 2 saturated heterocycles. The van der Waals surface area contributed by atoms with Crippen LogP contribution in [0.1, 0.15) is 37.1 Å². The summed E-state index contributed by atoms with van der Waals surface area (Å²) in [4.78, 5) is 32.7. The minimum Gasteiger partial charge on any atom is -0.480 e. The summed E-state index contributed by atoms with van der Waals surface area (Å²) >= 11 is 14.1. The van der Waals surface area contributed by atoms with Crippen LogP contribution in [-0.2, 0) is 17.9 Å². The summed E-state index contributed by atoms with van der Waals surface area (Å²) in [7, 11) is 3.15. The molecule has 3 atom stereocenters. The SMILES string of the molecule is COc1nc(-c2cccc(-c3cccc(-c4cnc(CN5CC[C@]6(O)C[C@@H]6C5)c(OC)n4)c3Cl)c2Cl)cnc1CNC[C@@H]1CCC(=O)N1. The summed E-state index contributed by atoms with van der Waals surface area (Å²) in [5.74, 6) is 1.26. The van der Waals surface area contributed by atoms with E-state index >= 15 is 0 Å². The van der Waals surface area contributed by atoms with Crippen LogP contribution in [0.15, 0.2) is 48.8 Å². The fraction of sp³-hybridized carbons (Fsp3) is 0.400. The smallest absolute Gasteiger partial charge is 0.237 e. The Hall–Kier alpha value is -3.87. The van der Waals surface area contributed by atoms with E-state index in [1.807, 2.05) is 36.4 Å². The number of ether oxygens (including phenoxy) is 2. The van der Waals surface area contributed by atoms with Gasteiger partial charge in [0.25, 0.3) is 0 Å². The maximum Gasteiger partial charge on any atom is 0.237 e. The van der Waals surface area contributed by atoms with Gasteiger partial charge in [0.05, 0.1) is 53.6 Å². The van der Waals surface area contributed by atoms with Gasteiger partial charge in [-0.05, 0) is 19.3 Å². The van der Waals surface area contributed by atoms with Crippen LogP contribution in [0, 0.1) is 5.92 Å². The van der Waals surface area contributed by atoms with Gasteiger partial charge in [-0.3, -0.25) is 19.7 Å². The summed E-state index contributed by atoms with van der Waals surface area (Å²) in [5.41, 5.74) is 4.93. The second-order valence-corrected chi connectivity index (χ2v) is 13.4. The van der Waals surface area contributed by atoms with Gasteiger partial charge in [-0.1, -0.05) is 59.6 Å². The molecular formula is C35H37Cl2N7O4. The quantitative estimate of drug-likeness (QED) is 0.199. The highest BCUT2D eigenvalue weighted by atomic mass is 35.5. The first-order valence-corrected chi connectivity index (χ1v) is 16.8. The predicted molar refractivity (Wildman–Crippen MR) is 183 cm³/mol. The van der Waals surface area contributed by atoms with Crippen LogP contribution in [0.25, 0.3) is 33.6 Å². The van der Waals surface area contributed by atoms with Gasteiger partial charge in [-0.15, -0.1) is 0 Å². The first-order chi connectivity index (χ1) is 23.3. The molecule has 3 fully saturated rings. The van der Waals surface area contributed by atoms with Crippen LogP contribution in [0.2, 0.25) is 10.0 Å². The first kappa shape index (κ1) is 32.7. The van der Waals surface area contributed by atoms with Crippen LogP contribution in [0.5, 0.6) is 11.8 Å². The number of aromatic nitrogens is 4. The molecule has 1 saturated carbocycles. The minimum atomic E-state index is -0.458. The highest BCUT2D eigenvalue weighted by Crippen LogP contribution is 2.49. The molecule has 1 amide bonds. The molecular weight excluding hydrogens is 653 g/mol. The lowest BCUT2D eigenvalue weighted by molar-refractivity contribution is -0.119. The van der Waals surface area contributed by atoms with Gasteiger partial charge in [-0.25, -0.2) is 9.97 Å². The molecule has 48 heavy (non-hydrogen) atoms. The standard InChI is InChI=1S/C35H37Cl2N7O4/c1-47-33-28(15-38-14-21-9-10-30(45)41-21)39-16-26(42-33)24-7-3-5-22(31(24)36)23-6-4-8-25(32(23)37)27-17-40-29(34(43-27)48-2)19-44-12-11-35(46)13-20(35)18-44/h3-8,16-17,20-21,38,46H,9-15,18-19H2,1-2H3,(H,41,45)/t20-,21+,35+/m1/s1. The molecule has 0 spiro atoms. The van der Waals surface area contributed by atoms with E-state index in [9.17, 15) is 9.90 Å². The number of fused-ring (bicyclic) bond motifs is 1. The van der Waals surface area contributed by atoms with Crippen molar-refractivity contribution in [2.45, 2.75) is 50.4 Å². The first-order valence-electron chi connectivity index (χ1n) is 16.1. The number of nitrogens with one attached hydrogen (secondary N) is 2. The Bertz CT molecular complexity index is 1860. The second-order valence-electron chi connectivity index (χ2n) is 12.7. The number of hydrogen-bond acceptors (Lipinski definition) is 10. The second kappa shape index (κ2) is 13.6. The van der Waals surface area contributed by atoms with E-state index in [2.05, 4.69) is 20.5 Å². The van der Waals surface area contributed by atoms with Crippen LogP contribution in [0.3, 0.4) is 0 Å². The average molecular weight is 691 g/mol.